The summed E-state index contributed by atoms with van der Waals surface area (Å²) >= 11 is 3.09. The second-order valence-corrected chi connectivity index (χ2v) is 9.57. The van der Waals surface area contributed by atoms with Gasteiger partial charge in [0.05, 0.1) is 32.5 Å². The van der Waals surface area contributed by atoms with Gasteiger partial charge in [0.15, 0.2) is 23.2 Å². The van der Waals surface area contributed by atoms with E-state index < -0.39 is 27.2 Å². The summed E-state index contributed by atoms with van der Waals surface area (Å²) < 4.78 is 10.4. The number of ketones is 2. The Hall–Kier alpha value is -4.60. The number of azo groups is 1. The number of nitro benzene ring substituents is 2. The zero-order valence-corrected chi connectivity index (χ0v) is 25.0. The molecule has 0 bridgehead atoms. The molecule has 0 aliphatic heterocycles. The summed E-state index contributed by atoms with van der Waals surface area (Å²) in [5, 5.41) is 30.9. The van der Waals surface area contributed by atoms with Crippen LogP contribution in [-0.2, 0) is 23.9 Å². The molecule has 0 radical (unpaired) electrons. The standard InChI is InChI=1S/C26H29BrN6O9/c1-5-31(6-2)18-7-8-21(29-30-26-20(27)11-19(32(37)38)13-23(26)33(39)40)22(12-18)28-24(41-14-16(3)34)9-10-25(36)42-15-17(4)35/h7-8,11-13H,5-6,9-10,14-15H2,1-4H3. The normalized spacial score (nSPS) is 11.3. The van der Waals surface area contributed by atoms with Gasteiger partial charge in [-0.2, -0.15) is 0 Å². The molecule has 2 rings (SSSR count). The fourth-order valence-corrected chi connectivity index (χ4v) is 3.95. The highest BCUT2D eigenvalue weighted by molar-refractivity contribution is 9.10. The van der Waals surface area contributed by atoms with Crippen LogP contribution in [0.4, 0.5) is 34.1 Å². The summed E-state index contributed by atoms with van der Waals surface area (Å²) in [6.07, 6.45) is -0.270. The molecule has 0 unspecified atom stereocenters. The maximum atomic E-state index is 12.1. The number of anilines is 1. The van der Waals surface area contributed by atoms with Gasteiger partial charge in [0.1, 0.15) is 18.9 Å². The molecule has 0 spiro atoms. The lowest BCUT2D eigenvalue weighted by Crippen LogP contribution is -2.21. The Bertz CT molecular complexity index is 1420. The van der Waals surface area contributed by atoms with Crippen molar-refractivity contribution in [1.29, 1.82) is 0 Å². The first-order valence-electron chi connectivity index (χ1n) is 12.6. The lowest BCUT2D eigenvalue weighted by Gasteiger charge is -2.21. The molecule has 0 heterocycles. The van der Waals surface area contributed by atoms with Crippen molar-refractivity contribution in [3.63, 3.8) is 0 Å². The van der Waals surface area contributed by atoms with Crippen LogP contribution in [0.15, 0.2) is 50.0 Å². The number of Topliss-reactive ketones (excluding diaryl/α,β-unsaturated/α-hetero) is 2. The Morgan fingerprint density at radius 2 is 1.52 bits per heavy atom. The molecule has 0 atom stereocenters. The van der Waals surface area contributed by atoms with Crippen molar-refractivity contribution >= 4 is 73.5 Å². The van der Waals surface area contributed by atoms with Crippen LogP contribution in [0.5, 0.6) is 0 Å². The van der Waals surface area contributed by atoms with Crippen LogP contribution in [0.1, 0.15) is 40.5 Å². The van der Waals surface area contributed by atoms with Crippen LogP contribution in [0.2, 0.25) is 0 Å². The van der Waals surface area contributed by atoms with Gasteiger partial charge in [-0.15, -0.1) is 10.2 Å². The summed E-state index contributed by atoms with van der Waals surface area (Å²) in [7, 11) is 0. The second-order valence-electron chi connectivity index (χ2n) is 8.71. The Balaban J connectivity index is 2.61. The molecule has 2 aromatic carbocycles. The van der Waals surface area contributed by atoms with E-state index in [-0.39, 0.29) is 65.1 Å². The summed E-state index contributed by atoms with van der Waals surface area (Å²) in [4.78, 5) is 62.5. The Labute approximate surface area is 249 Å². The second kappa shape index (κ2) is 16.0. The van der Waals surface area contributed by atoms with Crippen LogP contribution in [-0.4, -0.2) is 59.6 Å². The van der Waals surface area contributed by atoms with Crippen molar-refractivity contribution in [2.75, 3.05) is 31.2 Å². The van der Waals surface area contributed by atoms with Gasteiger partial charge >= 0.3 is 11.7 Å². The van der Waals surface area contributed by atoms with Gasteiger partial charge in [0, 0.05) is 31.3 Å². The largest absolute Gasteiger partial charge is 0.473 e. The van der Waals surface area contributed by atoms with Crippen LogP contribution in [0.25, 0.3) is 0 Å². The number of esters is 1. The third kappa shape index (κ3) is 10.1. The number of hydrogen-bond donors (Lipinski definition) is 0. The molecular weight excluding hydrogens is 620 g/mol. The van der Waals surface area contributed by atoms with E-state index in [1.807, 2.05) is 18.7 Å². The van der Waals surface area contributed by atoms with Gasteiger partial charge in [-0.1, -0.05) is 0 Å². The molecule has 0 aliphatic carbocycles. The van der Waals surface area contributed by atoms with Crippen molar-refractivity contribution in [2.45, 2.75) is 40.5 Å². The SMILES string of the molecule is CCN(CC)c1ccc(N=Nc2c(Br)cc([N+](=O)[O-])cc2[N+](=O)[O-])c(N=C(CCC(=O)OCC(C)=O)OCC(C)=O)c1. The number of non-ortho nitro benzene ring substituents is 1. The van der Waals surface area contributed by atoms with Crippen molar-refractivity contribution in [3.05, 3.63) is 55.0 Å². The Morgan fingerprint density at radius 1 is 0.881 bits per heavy atom. The number of rotatable bonds is 15. The maximum Gasteiger partial charge on any atom is 0.306 e. The highest BCUT2D eigenvalue weighted by Gasteiger charge is 2.24. The number of carbonyl (C=O) groups excluding carboxylic acids is 3. The van der Waals surface area contributed by atoms with Gasteiger partial charge in [0.25, 0.3) is 5.69 Å². The number of ether oxygens (including phenoxy) is 2. The molecule has 0 saturated carbocycles. The lowest BCUT2D eigenvalue weighted by atomic mass is 10.2. The monoisotopic (exact) mass is 648 g/mol. The molecule has 2 aromatic rings. The molecule has 0 fully saturated rings. The molecule has 0 aromatic heterocycles. The molecule has 0 amide bonds. The van der Waals surface area contributed by atoms with E-state index in [0.717, 1.165) is 17.8 Å². The van der Waals surface area contributed by atoms with Gasteiger partial charge in [-0.25, -0.2) is 4.99 Å². The predicted molar refractivity (Wildman–Crippen MR) is 156 cm³/mol. The molecule has 16 heteroatoms. The van der Waals surface area contributed by atoms with Gasteiger partial charge in [-0.05, 0) is 61.8 Å². The number of nitrogens with zero attached hydrogens (tertiary/aromatic N) is 6. The van der Waals surface area contributed by atoms with Gasteiger partial charge in [-0.3, -0.25) is 34.6 Å². The number of carbonyl (C=O) groups is 3. The first-order chi connectivity index (χ1) is 19.9. The van der Waals surface area contributed by atoms with E-state index in [2.05, 4.69) is 31.2 Å². The third-order valence-corrected chi connectivity index (χ3v) is 6.05. The fraction of sp³-hybridized carbons (Fsp3) is 0.385. The number of nitro groups is 2. The minimum Gasteiger partial charge on any atom is -0.473 e. The lowest BCUT2D eigenvalue weighted by molar-refractivity contribution is -0.393. The van der Waals surface area contributed by atoms with Crippen molar-refractivity contribution in [3.8, 4) is 0 Å². The number of halogens is 1. The van der Waals surface area contributed by atoms with Crippen LogP contribution in [0.3, 0.4) is 0 Å². The quantitative estimate of drug-likeness (QED) is 0.0545. The molecule has 0 saturated heterocycles. The maximum absolute atomic E-state index is 12.1. The Morgan fingerprint density at radius 3 is 2.10 bits per heavy atom. The topological polar surface area (TPSA) is 196 Å². The fourth-order valence-electron chi connectivity index (χ4n) is 3.43. The van der Waals surface area contributed by atoms with E-state index in [9.17, 15) is 34.6 Å². The molecule has 0 aliphatic rings. The minimum absolute atomic E-state index is 0.000573. The number of aliphatic imine (C=N–C) groups is 1. The molecule has 224 valence electrons. The summed E-state index contributed by atoms with van der Waals surface area (Å²) in [6.45, 7) is 7.14. The predicted octanol–water partition coefficient (Wildman–Crippen LogP) is 6.08. The minimum atomic E-state index is -0.812. The van der Waals surface area contributed by atoms with Gasteiger partial charge < -0.3 is 14.4 Å². The number of hydrogen-bond acceptors (Lipinski definition) is 13. The van der Waals surface area contributed by atoms with Crippen LogP contribution < -0.4 is 4.90 Å². The average molecular weight is 649 g/mol. The molecule has 0 N–H and O–H groups in total. The molecular formula is C26H29BrN6O9. The van der Waals surface area contributed by atoms with Gasteiger partial charge in [0.2, 0.25) is 0 Å². The molecule has 42 heavy (non-hydrogen) atoms. The van der Waals surface area contributed by atoms with Crippen LogP contribution >= 0.6 is 15.9 Å². The van der Waals surface area contributed by atoms with Crippen molar-refractivity contribution in [2.24, 2.45) is 15.2 Å². The number of benzene rings is 2. The smallest absolute Gasteiger partial charge is 0.306 e. The highest BCUT2D eigenvalue weighted by Crippen LogP contribution is 2.41. The summed E-state index contributed by atoms with van der Waals surface area (Å²) in [5.41, 5.74) is -0.288. The van der Waals surface area contributed by atoms with E-state index in [0.29, 0.717) is 13.1 Å². The van der Waals surface area contributed by atoms with Crippen LogP contribution in [0, 0.1) is 20.2 Å². The van der Waals surface area contributed by atoms with E-state index in [4.69, 9.17) is 9.47 Å². The summed E-state index contributed by atoms with van der Waals surface area (Å²) in [5.74, 6) is -1.29. The zero-order chi connectivity index (χ0) is 31.4. The third-order valence-electron chi connectivity index (χ3n) is 5.45. The van der Waals surface area contributed by atoms with E-state index in [1.54, 1.807) is 18.2 Å². The van der Waals surface area contributed by atoms with E-state index >= 15 is 0 Å². The Kier molecular flexibility index (Phi) is 12.8. The highest BCUT2D eigenvalue weighted by atomic mass is 79.9. The zero-order valence-electron chi connectivity index (χ0n) is 23.4. The van der Waals surface area contributed by atoms with Crippen molar-refractivity contribution < 1.29 is 33.7 Å². The first kappa shape index (κ1) is 33.6. The molecule has 15 nitrogen and oxygen atoms in total. The first-order valence-corrected chi connectivity index (χ1v) is 13.4. The summed E-state index contributed by atoms with van der Waals surface area (Å²) in [6, 6.07) is 6.84. The average Bonchev–Trinajstić information content (AvgIpc) is 2.93. The van der Waals surface area contributed by atoms with Crippen molar-refractivity contribution in [1.82, 2.24) is 0 Å². The van der Waals surface area contributed by atoms with E-state index in [1.165, 1.54) is 13.8 Å².